The molecular formula is C20H19N3O3. The Kier molecular flexibility index (Phi) is 3.88. The number of benzene rings is 2. The monoisotopic (exact) mass is 349 g/mol. The van der Waals surface area contributed by atoms with Crippen molar-refractivity contribution < 1.29 is 14.2 Å². The minimum absolute atomic E-state index is 0.646. The Balaban J connectivity index is 2.17. The predicted molar refractivity (Wildman–Crippen MR) is 101 cm³/mol. The van der Waals surface area contributed by atoms with Crippen LogP contribution < -0.4 is 14.2 Å². The van der Waals surface area contributed by atoms with Gasteiger partial charge in [0.25, 0.3) is 0 Å². The lowest BCUT2D eigenvalue weighted by molar-refractivity contribution is 0.358. The van der Waals surface area contributed by atoms with Crippen molar-refractivity contribution in [3.63, 3.8) is 0 Å². The first-order valence-corrected chi connectivity index (χ1v) is 8.21. The first-order valence-electron chi connectivity index (χ1n) is 8.21. The van der Waals surface area contributed by atoms with Gasteiger partial charge in [0.2, 0.25) is 0 Å². The first-order chi connectivity index (χ1) is 12.7. The summed E-state index contributed by atoms with van der Waals surface area (Å²) in [4.78, 5) is 4.89. The number of aromatic amines is 1. The van der Waals surface area contributed by atoms with Crippen molar-refractivity contribution in [2.75, 3.05) is 21.3 Å². The SMILES string of the molecule is COc1cccc(-c2nc3c(C)[nH]nc3c3c(OC)c(OC)ccc23)c1. The molecule has 0 saturated carbocycles. The number of pyridine rings is 1. The summed E-state index contributed by atoms with van der Waals surface area (Å²) >= 11 is 0. The van der Waals surface area contributed by atoms with Crippen LogP contribution in [0, 0.1) is 6.92 Å². The van der Waals surface area contributed by atoms with E-state index in [1.54, 1.807) is 21.3 Å². The fourth-order valence-electron chi connectivity index (χ4n) is 3.26. The average molecular weight is 349 g/mol. The zero-order chi connectivity index (χ0) is 18.3. The minimum Gasteiger partial charge on any atom is -0.497 e. The summed E-state index contributed by atoms with van der Waals surface area (Å²) in [6.07, 6.45) is 0. The van der Waals surface area contributed by atoms with Gasteiger partial charge in [-0.15, -0.1) is 0 Å². The Labute approximate surface area is 150 Å². The number of hydrogen-bond acceptors (Lipinski definition) is 5. The third-order valence-corrected chi connectivity index (χ3v) is 4.52. The van der Waals surface area contributed by atoms with Crippen LogP contribution in [0.3, 0.4) is 0 Å². The van der Waals surface area contributed by atoms with Crippen molar-refractivity contribution in [1.29, 1.82) is 0 Å². The molecule has 132 valence electrons. The van der Waals surface area contributed by atoms with Crippen molar-refractivity contribution in [2.24, 2.45) is 0 Å². The summed E-state index contributed by atoms with van der Waals surface area (Å²) in [5, 5.41) is 9.29. The number of aryl methyl sites for hydroxylation is 1. The van der Waals surface area contributed by atoms with Crippen LogP contribution in [-0.2, 0) is 0 Å². The molecule has 0 amide bonds. The van der Waals surface area contributed by atoms with Gasteiger partial charge in [0.05, 0.1) is 38.1 Å². The molecule has 6 nitrogen and oxygen atoms in total. The maximum atomic E-state index is 5.67. The van der Waals surface area contributed by atoms with Gasteiger partial charge in [0.15, 0.2) is 11.5 Å². The minimum atomic E-state index is 0.646. The number of nitrogens with zero attached hydrogens (tertiary/aromatic N) is 2. The van der Waals surface area contributed by atoms with Gasteiger partial charge >= 0.3 is 0 Å². The quantitative estimate of drug-likeness (QED) is 0.600. The summed E-state index contributed by atoms with van der Waals surface area (Å²) in [5.74, 6) is 2.08. The third-order valence-electron chi connectivity index (χ3n) is 4.52. The molecule has 0 aliphatic carbocycles. The number of methoxy groups -OCH3 is 3. The molecule has 26 heavy (non-hydrogen) atoms. The largest absolute Gasteiger partial charge is 0.497 e. The molecule has 0 aliphatic rings. The lowest BCUT2D eigenvalue weighted by atomic mass is 10.0. The van der Waals surface area contributed by atoms with Gasteiger partial charge in [0.1, 0.15) is 16.8 Å². The molecule has 0 aliphatic heterocycles. The van der Waals surface area contributed by atoms with Gasteiger partial charge in [-0.25, -0.2) is 4.98 Å². The Morgan fingerprint density at radius 1 is 0.923 bits per heavy atom. The number of hydrogen-bond donors (Lipinski definition) is 1. The van der Waals surface area contributed by atoms with Crippen molar-refractivity contribution in [3.8, 4) is 28.5 Å². The van der Waals surface area contributed by atoms with E-state index in [0.717, 1.165) is 44.5 Å². The normalized spacial score (nSPS) is 11.1. The highest BCUT2D eigenvalue weighted by Gasteiger charge is 2.20. The summed E-state index contributed by atoms with van der Waals surface area (Å²) in [7, 11) is 4.91. The molecule has 2 aromatic heterocycles. The van der Waals surface area contributed by atoms with Gasteiger partial charge in [-0.2, -0.15) is 5.10 Å². The summed E-state index contributed by atoms with van der Waals surface area (Å²) in [6, 6.07) is 11.7. The summed E-state index contributed by atoms with van der Waals surface area (Å²) in [6.45, 7) is 1.95. The van der Waals surface area contributed by atoms with Crippen molar-refractivity contribution >= 4 is 21.8 Å². The van der Waals surface area contributed by atoms with Crippen LogP contribution in [0.4, 0.5) is 0 Å². The fraction of sp³-hybridized carbons (Fsp3) is 0.200. The van der Waals surface area contributed by atoms with Crippen LogP contribution in [0.15, 0.2) is 36.4 Å². The van der Waals surface area contributed by atoms with Crippen LogP contribution in [0.5, 0.6) is 17.2 Å². The van der Waals surface area contributed by atoms with Crippen LogP contribution in [-0.4, -0.2) is 36.5 Å². The Hall–Kier alpha value is -3.28. The molecule has 0 atom stereocenters. The maximum Gasteiger partial charge on any atom is 0.170 e. The third kappa shape index (κ3) is 2.34. The molecule has 4 rings (SSSR count). The lowest BCUT2D eigenvalue weighted by Gasteiger charge is -2.14. The number of rotatable bonds is 4. The topological polar surface area (TPSA) is 69.3 Å². The van der Waals surface area contributed by atoms with Gasteiger partial charge in [-0.05, 0) is 31.2 Å². The predicted octanol–water partition coefficient (Wildman–Crippen LogP) is 4.11. The highest BCUT2D eigenvalue weighted by Crippen LogP contribution is 2.42. The van der Waals surface area contributed by atoms with E-state index in [4.69, 9.17) is 19.2 Å². The van der Waals surface area contributed by atoms with E-state index in [9.17, 15) is 0 Å². The van der Waals surface area contributed by atoms with E-state index in [1.807, 2.05) is 43.3 Å². The van der Waals surface area contributed by atoms with Crippen LogP contribution in [0.25, 0.3) is 33.1 Å². The van der Waals surface area contributed by atoms with Crippen molar-refractivity contribution in [2.45, 2.75) is 6.92 Å². The van der Waals surface area contributed by atoms with E-state index in [1.165, 1.54) is 0 Å². The van der Waals surface area contributed by atoms with E-state index in [2.05, 4.69) is 10.2 Å². The molecular weight excluding hydrogens is 330 g/mol. The molecule has 0 bridgehead atoms. The fourth-order valence-corrected chi connectivity index (χ4v) is 3.26. The second-order valence-electron chi connectivity index (χ2n) is 5.96. The molecule has 1 N–H and O–H groups in total. The second kappa shape index (κ2) is 6.22. The number of ether oxygens (including phenoxy) is 3. The smallest absolute Gasteiger partial charge is 0.170 e. The molecule has 4 aromatic rings. The van der Waals surface area contributed by atoms with Gasteiger partial charge in [-0.3, -0.25) is 5.10 Å². The maximum absolute atomic E-state index is 5.67. The number of H-pyrrole nitrogens is 1. The number of aromatic nitrogens is 3. The Morgan fingerprint density at radius 2 is 1.77 bits per heavy atom. The number of nitrogens with one attached hydrogen (secondary N) is 1. The molecule has 6 heteroatoms. The second-order valence-corrected chi connectivity index (χ2v) is 5.96. The zero-order valence-electron chi connectivity index (χ0n) is 15.1. The number of fused-ring (bicyclic) bond motifs is 3. The molecule has 0 saturated heterocycles. The molecule has 0 unspecified atom stereocenters. The van der Waals surface area contributed by atoms with Crippen LogP contribution in [0.2, 0.25) is 0 Å². The van der Waals surface area contributed by atoms with Gasteiger partial charge < -0.3 is 14.2 Å². The first kappa shape index (κ1) is 16.2. The van der Waals surface area contributed by atoms with Gasteiger partial charge in [-0.1, -0.05) is 12.1 Å². The highest BCUT2D eigenvalue weighted by molar-refractivity contribution is 6.13. The van der Waals surface area contributed by atoms with Crippen molar-refractivity contribution in [3.05, 3.63) is 42.1 Å². The van der Waals surface area contributed by atoms with Gasteiger partial charge in [0, 0.05) is 10.9 Å². The van der Waals surface area contributed by atoms with E-state index in [0.29, 0.717) is 11.5 Å². The van der Waals surface area contributed by atoms with Crippen molar-refractivity contribution in [1.82, 2.24) is 15.2 Å². The Morgan fingerprint density at radius 3 is 2.50 bits per heavy atom. The van der Waals surface area contributed by atoms with E-state index < -0.39 is 0 Å². The standard InChI is InChI=1S/C20H19N3O3/c1-11-17-19(23-22-11)16-14(8-9-15(25-3)20(16)26-4)18(21-17)12-6-5-7-13(10-12)24-2/h5-10H,1-4H3,(H,22,23). The van der Waals surface area contributed by atoms with E-state index in [-0.39, 0.29) is 0 Å². The van der Waals surface area contributed by atoms with Crippen LogP contribution in [0.1, 0.15) is 5.69 Å². The Bertz CT molecular complexity index is 1120. The molecule has 2 heterocycles. The molecule has 0 spiro atoms. The lowest BCUT2D eigenvalue weighted by Crippen LogP contribution is -1.95. The summed E-state index contributed by atoms with van der Waals surface area (Å²) in [5.41, 5.74) is 4.28. The summed E-state index contributed by atoms with van der Waals surface area (Å²) < 4.78 is 16.5. The molecule has 2 aromatic carbocycles. The van der Waals surface area contributed by atoms with E-state index >= 15 is 0 Å². The molecule has 0 fully saturated rings. The average Bonchev–Trinajstić information content (AvgIpc) is 3.07. The molecule has 0 radical (unpaired) electrons. The highest BCUT2D eigenvalue weighted by atomic mass is 16.5. The zero-order valence-corrected chi connectivity index (χ0v) is 15.1. The van der Waals surface area contributed by atoms with Crippen LogP contribution >= 0.6 is 0 Å².